The van der Waals surface area contributed by atoms with E-state index in [0.717, 1.165) is 4.47 Å². The fourth-order valence-corrected chi connectivity index (χ4v) is 3.51. The van der Waals surface area contributed by atoms with Crippen molar-refractivity contribution in [3.05, 3.63) is 27.7 Å². The molecule has 0 aliphatic rings. The zero-order valence-electron chi connectivity index (χ0n) is 9.56. The Bertz CT molecular complexity index is 563. The third-order valence-electron chi connectivity index (χ3n) is 2.26. The molecule has 1 aromatic rings. The SMILES string of the molecule is CN(CCC(N)=S)S(=O)(=O)c1ccc(Br)cc1Cl. The third-order valence-corrected chi connectivity index (χ3v) is 5.29. The molecule has 18 heavy (non-hydrogen) atoms. The van der Waals surface area contributed by atoms with Gasteiger partial charge in [-0.05, 0) is 18.2 Å². The van der Waals surface area contributed by atoms with Crippen molar-refractivity contribution in [3.63, 3.8) is 0 Å². The van der Waals surface area contributed by atoms with Crippen molar-refractivity contribution >= 4 is 54.8 Å². The van der Waals surface area contributed by atoms with Crippen LogP contribution < -0.4 is 5.73 Å². The monoisotopic (exact) mass is 370 g/mol. The van der Waals surface area contributed by atoms with Gasteiger partial charge in [0.15, 0.2) is 0 Å². The second-order valence-electron chi connectivity index (χ2n) is 3.62. The molecule has 8 heteroatoms. The second-order valence-corrected chi connectivity index (χ2v) is 7.48. The van der Waals surface area contributed by atoms with E-state index in [1.165, 1.54) is 23.5 Å². The molecule has 1 rings (SSSR count). The Morgan fingerprint density at radius 3 is 2.67 bits per heavy atom. The molecule has 1 aromatic carbocycles. The van der Waals surface area contributed by atoms with Gasteiger partial charge in [0.05, 0.1) is 10.0 Å². The Hall–Kier alpha value is -0.210. The van der Waals surface area contributed by atoms with Crippen LogP contribution in [-0.4, -0.2) is 31.3 Å². The van der Waals surface area contributed by atoms with Crippen LogP contribution in [0.3, 0.4) is 0 Å². The molecular formula is C10H12BrClN2O2S2. The van der Waals surface area contributed by atoms with Gasteiger partial charge in [-0.2, -0.15) is 0 Å². The van der Waals surface area contributed by atoms with Gasteiger partial charge in [0.1, 0.15) is 4.90 Å². The van der Waals surface area contributed by atoms with E-state index in [1.54, 1.807) is 6.07 Å². The first-order valence-electron chi connectivity index (χ1n) is 4.95. The van der Waals surface area contributed by atoms with Crippen LogP contribution in [0.25, 0.3) is 0 Å². The van der Waals surface area contributed by atoms with Gasteiger partial charge in [-0.1, -0.05) is 39.7 Å². The Morgan fingerprint density at radius 1 is 1.56 bits per heavy atom. The molecule has 0 atom stereocenters. The van der Waals surface area contributed by atoms with Crippen molar-refractivity contribution in [2.45, 2.75) is 11.3 Å². The standard InChI is InChI=1S/C10H12BrClN2O2S2/c1-14(5-4-10(13)17)18(15,16)9-3-2-7(11)6-8(9)12/h2-3,6H,4-5H2,1H3,(H2,13,17). The van der Waals surface area contributed by atoms with Gasteiger partial charge in [-0.25, -0.2) is 12.7 Å². The van der Waals surface area contributed by atoms with E-state index < -0.39 is 10.0 Å². The highest BCUT2D eigenvalue weighted by Gasteiger charge is 2.23. The minimum Gasteiger partial charge on any atom is -0.393 e. The molecule has 100 valence electrons. The van der Waals surface area contributed by atoms with Gasteiger partial charge >= 0.3 is 0 Å². The molecule has 0 radical (unpaired) electrons. The van der Waals surface area contributed by atoms with Crippen LogP contribution >= 0.6 is 39.7 Å². The summed E-state index contributed by atoms with van der Waals surface area (Å²) in [6.07, 6.45) is 0.333. The van der Waals surface area contributed by atoms with Crippen LogP contribution in [0.2, 0.25) is 5.02 Å². The second kappa shape index (κ2) is 6.29. The van der Waals surface area contributed by atoms with E-state index in [4.69, 9.17) is 29.6 Å². The first kappa shape index (κ1) is 15.8. The zero-order chi connectivity index (χ0) is 13.9. The minimum atomic E-state index is -3.62. The van der Waals surface area contributed by atoms with Crippen molar-refractivity contribution in [3.8, 4) is 0 Å². The zero-order valence-corrected chi connectivity index (χ0v) is 13.5. The Balaban J connectivity index is 3.02. The van der Waals surface area contributed by atoms with Crippen molar-refractivity contribution in [1.29, 1.82) is 0 Å². The van der Waals surface area contributed by atoms with Crippen LogP contribution in [-0.2, 0) is 10.0 Å². The lowest BCUT2D eigenvalue weighted by molar-refractivity contribution is 0.479. The number of halogens is 2. The predicted octanol–water partition coefficient (Wildman–Crippen LogP) is 2.40. The van der Waals surface area contributed by atoms with Crippen molar-refractivity contribution < 1.29 is 8.42 Å². The molecule has 0 aromatic heterocycles. The molecule has 0 amide bonds. The largest absolute Gasteiger partial charge is 0.393 e. The summed E-state index contributed by atoms with van der Waals surface area (Å²) >= 11 is 13.9. The number of sulfonamides is 1. The molecule has 0 spiro atoms. The third kappa shape index (κ3) is 3.89. The fourth-order valence-electron chi connectivity index (χ4n) is 1.24. The van der Waals surface area contributed by atoms with Crippen molar-refractivity contribution in [2.75, 3.05) is 13.6 Å². The van der Waals surface area contributed by atoms with E-state index in [1.807, 2.05) is 0 Å². The maximum Gasteiger partial charge on any atom is 0.244 e. The van der Waals surface area contributed by atoms with E-state index in [-0.39, 0.29) is 21.5 Å². The summed E-state index contributed by atoms with van der Waals surface area (Å²) in [5.41, 5.74) is 5.35. The topological polar surface area (TPSA) is 63.4 Å². The van der Waals surface area contributed by atoms with Crippen LogP contribution in [0.4, 0.5) is 0 Å². The van der Waals surface area contributed by atoms with Gasteiger partial charge in [0, 0.05) is 24.5 Å². The summed E-state index contributed by atoms with van der Waals surface area (Å²) in [4.78, 5) is 0.344. The summed E-state index contributed by atoms with van der Waals surface area (Å²) in [5.74, 6) is 0. The summed E-state index contributed by atoms with van der Waals surface area (Å²) in [7, 11) is -2.15. The maximum absolute atomic E-state index is 12.2. The number of hydrogen-bond donors (Lipinski definition) is 1. The molecule has 4 nitrogen and oxygen atoms in total. The molecule has 0 aliphatic heterocycles. The molecule has 0 heterocycles. The van der Waals surface area contributed by atoms with E-state index in [9.17, 15) is 8.42 Å². The lowest BCUT2D eigenvalue weighted by atomic mass is 10.4. The Kier molecular flexibility index (Phi) is 5.54. The summed E-state index contributed by atoms with van der Waals surface area (Å²) < 4.78 is 26.3. The predicted molar refractivity (Wildman–Crippen MR) is 80.4 cm³/mol. The number of hydrogen-bond acceptors (Lipinski definition) is 3. The smallest absolute Gasteiger partial charge is 0.244 e. The summed E-state index contributed by atoms with van der Waals surface area (Å²) in [6.45, 7) is 0.226. The molecule has 2 N–H and O–H groups in total. The normalized spacial score (nSPS) is 11.8. The van der Waals surface area contributed by atoms with E-state index >= 15 is 0 Å². The molecule has 0 saturated heterocycles. The molecular weight excluding hydrogens is 360 g/mol. The highest BCUT2D eigenvalue weighted by Crippen LogP contribution is 2.27. The molecule has 0 bridgehead atoms. The van der Waals surface area contributed by atoms with E-state index in [0.29, 0.717) is 6.42 Å². The van der Waals surface area contributed by atoms with Crippen molar-refractivity contribution in [2.24, 2.45) is 5.73 Å². The quantitative estimate of drug-likeness (QED) is 0.807. The highest BCUT2D eigenvalue weighted by molar-refractivity contribution is 9.10. The van der Waals surface area contributed by atoms with E-state index in [2.05, 4.69) is 15.9 Å². The Morgan fingerprint density at radius 2 is 2.17 bits per heavy atom. The number of thiocarbonyl (C=S) groups is 1. The highest BCUT2D eigenvalue weighted by atomic mass is 79.9. The molecule has 0 aliphatic carbocycles. The first-order valence-corrected chi connectivity index (χ1v) is 7.97. The average Bonchev–Trinajstić information content (AvgIpc) is 2.24. The summed E-state index contributed by atoms with van der Waals surface area (Å²) in [5, 5.41) is 0.173. The van der Waals surface area contributed by atoms with Crippen LogP contribution in [0.15, 0.2) is 27.6 Å². The van der Waals surface area contributed by atoms with Gasteiger partial charge in [0.25, 0.3) is 0 Å². The number of nitrogens with two attached hydrogens (primary N) is 1. The average molecular weight is 372 g/mol. The molecule has 0 saturated carbocycles. The first-order chi connectivity index (χ1) is 8.25. The number of nitrogens with zero attached hydrogens (tertiary/aromatic N) is 1. The van der Waals surface area contributed by atoms with Gasteiger partial charge < -0.3 is 5.73 Å². The lowest BCUT2D eigenvalue weighted by Gasteiger charge is -2.17. The molecule has 0 fully saturated rings. The lowest BCUT2D eigenvalue weighted by Crippen LogP contribution is -2.30. The number of benzene rings is 1. The minimum absolute atomic E-state index is 0.0674. The van der Waals surface area contributed by atoms with Gasteiger partial charge in [-0.15, -0.1) is 0 Å². The van der Waals surface area contributed by atoms with Crippen molar-refractivity contribution in [1.82, 2.24) is 4.31 Å². The van der Waals surface area contributed by atoms with Gasteiger partial charge in [-0.3, -0.25) is 0 Å². The number of rotatable bonds is 5. The fraction of sp³-hybridized carbons (Fsp3) is 0.300. The van der Waals surface area contributed by atoms with Crippen LogP contribution in [0.1, 0.15) is 6.42 Å². The van der Waals surface area contributed by atoms with Gasteiger partial charge in [0.2, 0.25) is 10.0 Å². The summed E-state index contributed by atoms with van der Waals surface area (Å²) in [6, 6.07) is 4.62. The van der Waals surface area contributed by atoms with Crippen LogP contribution in [0, 0.1) is 0 Å². The van der Waals surface area contributed by atoms with Crippen LogP contribution in [0.5, 0.6) is 0 Å². The maximum atomic E-state index is 12.2. The Labute approximate surface area is 125 Å². The molecule has 0 unspecified atom stereocenters.